The molecule has 0 unspecified atom stereocenters. The lowest BCUT2D eigenvalue weighted by molar-refractivity contribution is 1.16. The van der Waals surface area contributed by atoms with E-state index >= 15 is 0 Å². The Balaban J connectivity index is 0.00000182. The molecule has 1 N–H and O–H groups in total. The van der Waals surface area contributed by atoms with Gasteiger partial charge in [-0.05, 0) is 56.2 Å². The molecule has 0 spiro atoms. The molecule has 4 rings (SSSR count). The molecule has 0 aliphatic carbocycles. The highest BCUT2D eigenvalue weighted by Gasteiger charge is 2.14. The fraction of sp³-hybridized carbons (Fsp3) is 0.167. The Bertz CT molecular complexity index is 1040. The van der Waals surface area contributed by atoms with E-state index in [-0.39, 0.29) is 12.4 Å². The molecule has 128 valence electrons. The number of aromatic nitrogens is 4. The number of hydrogen-bond acceptors (Lipinski definition) is 5. The third-order valence-corrected chi connectivity index (χ3v) is 4.61. The summed E-state index contributed by atoms with van der Waals surface area (Å²) < 4.78 is 2.09. The molecule has 4 heterocycles. The highest BCUT2D eigenvalue weighted by Crippen LogP contribution is 2.29. The predicted molar refractivity (Wildman–Crippen MR) is 105 cm³/mol. The van der Waals surface area contributed by atoms with E-state index in [9.17, 15) is 0 Å². The largest absolute Gasteiger partial charge is 0.316 e. The van der Waals surface area contributed by atoms with Crippen molar-refractivity contribution >= 4 is 40.3 Å². The number of aryl methyl sites for hydroxylation is 3. The Hall–Kier alpha value is -2.44. The van der Waals surface area contributed by atoms with Crippen LogP contribution >= 0.6 is 23.7 Å². The van der Waals surface area contributed by atoms with Crippen molar-refractivity contribution in [2.75, 3.05) is 5.32 Å². The van der Waals surface area contributed by atoms with Gasteiger partial charge in [0.2, 0.25) is 0 Å². The molecule has 0 amide bonds. The maximum Gasteiger partial charge on any atom is 0.188 e. The van der Waals surface area contributed by atoms with E-state index in [0.717, 1.165) is 39.2 Å². The summed E-state index contributed by atoms with van der Waals surface area (Å²) in [5, 5.41) is 6.14. The molecule has 5 nitrogen and oxygen atoms in total. The van der Waals surface area contributed by atoms with Crippen molar-refractivity contribution in [3.63, 3.8) is 0 Å². The van der Waals surface area contributed by atoms with Gasteiger partial charge in [-0.1, -0.05) is 0 Å². The molecule has 0 radical (unpaired) electrons. The van der Waals surface area contributed by atoms with Crippen LogP contribution in [0.25, 0.3) is 17.0 Å². The van der Waals surface area contributed by atoms with E-state index in [4.69, 9.17) is 4.98 Å². The molecule has 0 saturated heterocycles. The highest BCUT2D eigenvalue weighted by molar-refractivity contribution is 7.14. The number of thiazole rings is 1. The lowest BCUT2D eigenvalue weighted by Crippen LogP contribution is -1.94. The van der Waals surface area contributed by atoms with Gasteiger partial charge in [-0.25, -0.2) is 15.0 Å². The normalized spacial score (nSPS) is 10.7. The van der Waals surface area contributed by atoms with Crippen LogP contribution in [0.4, 0.5) is 10.9 Å². The summed E-state index contributed by atoms with van der Waals surface area (Å²) in [5.41, 5.74) is 6.24. The lowest BCUT2D eigenvalue weighted by Gasteiger charge is -2.02. The minimum absolute atomic E-state index is 0. The zero-order valence-corrected chi connectivity index (χ0v) is 15.8. The van der Waals surface area contributed by atoms with Gasteiger partial charge < -0.3 is 5.32 Å². The van der Waals surface area contributed by atoms with E-state index in [0.29, 0.717) is 0 Å². The van der Waals surface area contributed by atoms with Gasteiger partial charge in [0.15, 0.2) is 5.13 Å². The van der Waals surface area contributed by atoms with Crippen molar-refractivity contribution in [1.29, 1.82) is 0 Å². The van der Waals surface area contributed by atoms with Crippen LogP contribution in [0.15, 0.2) is 42.0 Å². The molecular weight excluding hydrogens is 354 g/mol. The lowest BCUT2D eigenvalue weighted by atomic mass is 10.2. The number of halogens is 1. The third kappa shape index (κ3) is 3.36. The van der Waals surface area contributed by atoms with Gasteiger partial charge in [0.1, 0.15) is 17.2 Å². The Morgan fingerprint density at radius 1 is 1.04 bits per heavy atom. The molecule has 0 fully saturated rings. The first-order valence-electron chi connectivity index (χ1n) is 7.71. The summed E-state index contributed by atoms with van der Waals surface area (Å²) >= 11 is 1.57. The van der Waals surface area contributed by atoms with Crippen molar-refractivity contribution in [3.8, 4) is 11.4 Å². The Morgan fingerprint density at radius 3 is 2.64 bits per heavy atom. The number of hydrogen-bond donors (Lipinski definition) is 1. The third-order valence-electron chi connectivity index (χ3n) is 3.85. The van der Waals surface area contributed by atoms with Crippen molar-refractivity contribution in [2.24, 2.45) is 0 Å². The van der Waals surface area contributed by atoms with Crippen molar-refractivity contribution in [3.05, 3.63) is 58.9 Å². The van der Waals surface area contributed by atoms with Gasteiger partial charge in [-0.3, -0.25) is 4.40 Å². The zero-order valence-electron chi connectivity index (χ0n) is 14.1. The number of imidazole rings is 1. The van der Waals surface area contributed by atoms with Gasteiger partial charge >= 0.3 is 0 Å². The fourth-order valence-corrected chi connectivity index (χ4v) is 3.43. The molecule has 7 heteroatoms. The molecule has 4 aromatic rings. The van der Waals surface area contributed by atoms with Crippen LogP contribution in [-0.4, -0.2) is 19.4 Å². The van der Waals surface area contributed by atoms with Gasteiger partial charge in [-0.15, -0.1) is 23.7 Å². The van der Waals surface area contributed by atoms with Crippen molar-refractivity contribution in [1.82, 2.24) is 19.4 Å². The predicted octanol–water partition coefficient (Wildman–Crippen LogP) is 4.94. The number of rotatable bonds is 3. The Morgan fingerprint density at radius 2 is 1.84 bits per heavy atom. The molecule has 0 aliphatic rings. The van der Waals surface area contributed by atoms with E-state index in [1.165, 1.54) is 5.56 Å². The van der Waals surface area contributed by atoms with E-state index in [1.807, 2.05) is 26.0 Å². The average Bonchev–Trinajstić information content (AvgIpc) is 3.10. The first-order chi connectivity index (χ1) is 11.6. The van der Waals surface area contributed by atoms with Crippen LogP contribution in [0.2, 0.25) is 0 Å². The van der Waals surface area contributed by atoms with Crippen molar-refractivity contribution < 1.29 is 0 Å². The van der Waals surface area contributed by atoms with Crippen LogP contribution in [0.3, 0.4) is 0 Å². The minimum Gasteiger partial charge on any atom is -0.316 e. The second-order valence-corrected chi connectivity index (χ2v) is 6.72. The summed E-state index contributed by atoms with van der Waals surface area (Å²) in [6, 6.07) is 8.14. The average molecular weight is 372 g/mol. The van der Waals surface area contributed by atoms with Crippen LogP contribution in [0.1, 0.15) is 16.8 Å². The van der Waals surface area contributed by atoms with Crippen LogP contribution < -0.4 is 5.32 Å². The summed E-state index contributed by atoms with van der Waals surface area (Å²) in [7, 11) is 0. The molecule has 0 bridgehead atoms. The standard InChI is InChI=1S/C18H17N5S.ClH/c1-11-4-6-19-15(8-11)22-18-21-14(10-24-18)17-13(3)20-16-9-12(2)5-7-23(16)17;/h4-10H,1-3H3,(H,19,21,22);1H. The molecule has 0 atom stereocenters. The first-order valence-corrected chi connectivity index (χ1v) is 8.59. The molecule has 25 heavy (non-hydrogen) atoms. The van der Waals surface area contributed by atoms with Gasteiger partial charge in [0.25, 0.3) is 0 Å². The van der Waals surface area contributed by atoms with E-state index < -0.39 is 0 Å². The van der Waals surface area contributed by atoms with E-state index in [1.54, 1.807) is 17.5 Å². The van der Waals surface area contributed by atoms with Gasteiger partial charge in [0.05, 0.1) is 11.4 Å². The maximum absolute atomic E-state index is 4.72. The molecule has 0 aliphatic heterocycles. The maximum atomic E-state index is 4.72. The minimum atomic E-state index is 0. The first kappa shape index (κ1) is 17.4. The van der Waals surface area contributed by atoms with Gasteiger partial charge in [0, 0.05) is 17.8 Å². The van der Waals surface area contributed by atoms with Crippen LogP contribution in [-0.2, 0) is 0 Å². The van der Waals surface area contributed by atoms with Crippen LogP contribution in [0.5, 0.6) is 0 Å². The number of nitrogens with one attached hydrogen (secondary N) is 1. The monoisotopic (exact) mass is 371 g/mol. The Kier molecular flexibility index (Phi) is 4.74. The molecule has 4 aromatic heterocycles. The smallest absolute Gasteiger partial charge is 0.188 e. The summed E-state index contributed by atoms with van der Waals surface area (Å²) in [6.45, 7) is 6.14. The quantitative estimate of drug-likeness (QED) is 0.554. The summed E-state index contributed by atoms with van der Waals surface area (Å²) in [5.74, 6) is 0.807. The topological polar surface area (TPSA) is 55.1 Å². The second kappa shape index (κ2) is 6.82. The van der Waals surface area contributed by atoms with Crippen LogP contribution in [0, 0.1) is 20.8 Å². The van der Waals surface area contributed by atoms with E-state index in [2.05, 4.69) is 50.3 Å². The SMILES string of the molecule is Cc1ccnc(Nc2nc(-c3c(C)nc4cc(C)ccn34)cs2)c1.Cl. The molecular formula is C18H18ClN5S. The number of anilines is 2. The van der Waals surface area contributed by atoms with Crippen molar-refractivity contribution in [2.45, 2.75) is 20.8 Å². The zero-order chi connectivity index (χ0) is 16.7. The number of pyridine rings is 2. The fourth-order valence-electron chi connectivity index (χ4n) is 2.73. The number of nitrogens with zero attached hydrogens (tertiary/aromatic N) is 4. The highest BCUT2D eigenvalue weighted by atomic mass is 35.5. The Labute approximate surface area is 156 Å². The number of fused-ring (bicyclic) bond motifs is 1. The summed E-state index contributed by atoms with van der Waals surface area (Å²) in [6.07, 6.45) is 3.84. The van der Waals surface area contributed by atoms with Gasteiger partial charge in [-0.2, -0.15) is 0 Å². The summed E-state index contributed by atoms with van der Waals surface area (Å²) in [4.78, 5) is 13.7. The second-order valence-electron chi connectivity index (χ2n) is 5.86. The molecule has 0 aromatic carbocycles. The molecule has 0 saturated carbocycles.